The van der Waals surface area contributed by atoms with Gasteiger partial charge in [-0.3, -0.25) is 0 Å². The molecule has 0 aromatic rings. The average Bonchev–Trinajstić information content (AvgIpc) is 2.18. The van der Waals surface area contributed by atoms with Crippen LogP contribution in [0.25, 0.3) is 0 Å². The van der Waals surface area contributed by atoms with E-state index < -0.39 is 0 Å². The summed E-state index contributed by atoms with van der Waals surface area (Å²) >= 11 is 0. The Morgan fingerprint density at radius 3 is 2.20 bits per heavy atom. The van der Waals surface area contributed by atoms with Gasteiger partial charge in [0.15, 0.2) is 0 Å². The van der Waals surface area contributed by atoms with Gasteiger partial charge in [-0.25, -0.2) is 0 Å². The van der Waals surface area contributed by atoms with Crippen molar-refractivity contribution in [3.63, 3.8) is 0 Å². The molecular formula is C13H26O2. The summed E-state index contributed by atoms with van der Waals surface area (Å²) in [5, 5.41) is 0. The number of hydrogen-bond donors (Lipinski definition) is 0. The Balaban J connectivity index is 4.26. The highest BCUT2D eigenvalue weighted by molar-refractivity contribution is 4.79. The molecule has 0 aromatic heterocycles. The molecule has 2 heteroatoms. The number of ether oxygens (including phenoxy) is 2. The van der Waals surface area contributed by atoms with Crippen molar-refractivity contribution in [3.05, 3.63) is 12.7 Å². The number of rotatable bonds is 8. The second-order valence-electron chi connectivity index (χ2n) is 4.64. The second kappa shape index (κ2) is 7.89. The van der Waals surface area contributed by atoms with Crippen LogP contribution in [-0.4, -0.2) is 20.0 Å². The summed E-state index contributed by atoms with van der Waals surface area (Å²) < 4.78 is 10.7. The molecule has 0 saturated carbocycles. The Kier molecular flexibility index (Phi) is 7.71. The van der Waals surface area contributed by atoms with Crippen LogP contribution in [0.2, 0.25) is 0 Å². The first-order valence-corrected chi connectivity index (χ1v) is 5.76. The van der Waals surface area contributed by atoms with Crippen LogP contribution in [0.5, 0.6) is 0 Å². The van der Waals surface area contributed by atoms with Crippen LogP contribution in [0.1, 0.15) is 34.1 Å². The van der Waals surface area contributed by atoms with Crippen LogP contribution in [0.3, 0.4) is 0 Å². The minimum atomic E-state index is 0.264. The van der Waals surface area contributed by atoms with E-state index in [-0.39, 0.29) is 6.10 Å². The predicted octanol–water partition coefficient (Wildman–Crippen LogP) is 3.48. The Bertz CT molecular complexity index is 166. The van der Waals surface area contributed by atoms with E-state index in [0.717, 1.165) is 6.42 Å². The van der Waals surface area contributed by atoms with Gasteiger partial charge in [-0.2, -0.15) is 0 Å². The van der Waals surface area contributed by atoms with Gasteiger partial charge in [0.2, 0.25) is 0 Å². The third kappa shape index (κ3) is 5.33. The zero-order valence-corrected chi connectivity index (χ0v) is 10.8. The highest BCUT2D eigenvalue weighted by atomic mass is 16.7. The smallest absolute Gasteiger partial charge is 0.146 e. The lowest BCUT2D eigenvalue weighted by atomic mass is 9.83. The van der Waals surface area contributed by atoms with Crippen LogP contribution >= 0.6 is 0 Å². The lowest BCUT2D eigenvalue weighted by Crippen LogP contribution is -2.32. The molecule has 0 aliphatic rings. The fourth-order valence-electron chi connectivity index (χ4n) is 1.90. The summed E-state index contributed by atoms with van der Waals surface area (Å²) in [6, 6.07) is 0. The van der Waals surface area contributed by atoms with Crippen molar-refractivity contribution in [2.75, 3.05) is 13.9 Å². The molecule has 0 fully saturated rings. The Hall–Kier alpha value is -0.340. The highest BCUT2D eigenvalue weighted by Crippen LogP contribution is 2.26. The molecular weight excluding hydrogens is 188 g/mol. The van der Waals surface area contributed by atoms with Gasteiger partial charge in [-0.1, -0.05) is 33.8 Å². The molecule has 0 aromatic carbocycles. The van der Waals surface area contributed by atoms with Gasteiger partial charge >= 0.3 is 0 Å². The van der Waals surface area contributed by atoms with E-state index >= 15 is 0 Å². The summed E-state index contributed by atoms with van der Waals surface area (Å²) in [4.78, 5) is 0. The van der Waals surface area contributed by atoms with Crippen molar-refractivity contribution in [1.29, 1.82) is 0 Å². The Morgan fingerprint density at radius 1 is 1.20 bits per heavy atom. The van der Waals surface area contributed by atoms with E-state index in [0.29, 0.717) is 24.5 Å². The number of allylic oxidation sites excluding steroid dienone is 1. The normalized spacial score (nSPS) is 17.5. The lowest BCUT2D eigenvalue weighted by Gasteiger charge is -2.31. The highest BCUT2D eigenvalue weighted by Gasteiger charge is 2.25. The van der Waals surface area contributed by atoms with Gasteiger partial charge in [0.05, 0.1) is 6.10 Å². The summed E-state index contributed by atoms with van der Waals surface area (Å²) in [5.74, 6) is 1.65. The van der Waals surface area contributed by atoms with Gasteiger partial charge in [0.25, 0.3) is 0 Å². The van der Waals surface area contributed by atoms with Crippen molar-refractivity contribution in [2.45, 2.75) is 40.2 Å². The first kappa shape index (κ1) is 14.7. The summed E-state index contributed by atoms with van der Waals surface area (Å²) in [7, 11) is 1.66. The maximum absolute atomic E-state index is 5.73. The predicted molar refractivity (Wildman–Crippen MR) is 64.7 cm³/mol. The quantitative estimate of drug-likeness (QED) is 0.455. The molecule has 0 unspecified atom stereocenters. The topological polar surface area (TPSA) is 18.5 Å². The van der Waals surface area contributed by atoms with E-state index in [2.05, 4.69) is 34.3 Å². The fourth-order valence-corrected chi connectivity index (χ4v) is 1.90. The van der Waals surface area contributed by atoms with Crippen molar-refractivity contribution in [2.24, 2.45) is 17.8 Å². The Morgan fingerprint density at radius 2 is 1.80 bits per heavy atom. The van der Waals surface area contributed by atoms with Gasteiger partial charge in [-0.05, 0) is 24.2 Å². The minimum Gasteiger partial charge on any atom is -0.359 e. The first-order chi connectivity index (χ1) is 7.04. The zero-order chi connectivity index (χ0) is 11.8. The number of methoxy groups -OCH3 is 1. The lowest BCUT2D eigenvalue weighted by molar-refractivity contribution is -0.112. The third-order valence-electron chi connectivity index (χ3n) is 2.99. The molecule has 3 atom stereocenters. The number of hydrogen-bond acceptors (Lipinski definition) is 2. The van der Waals surface area contributed by atoms with E-state index in [1.807, 2.05) is 6.08 Å². The van der Waals surface area contributed by atoms with E-state index in [4.69, 9.17) is 9.47 Å². The molecule has 90 valence electrons. The maximum Gasteiger partial charge on any atom is 0.146 e. The fraction of sp³-hybridized carbons (Fsp3) is 0.846. The molecule has 0 bridgehead atoms. The first-order valence-electron chi connectivity index (χ1n) is 5.76. The molecule has 0 heterocycles. The molecule has 15 heavy (non-hydrogen) atoms. The van der Waals surface area contributed by atoms with Crippen molar-refractivity contribution < 1.29 is 9.47 Å². The van der Waals surface area contributed by atoms with E-state index in [1.54, 1.807) is 7.11 Å². The molecule has 0 radical (unpaired) electrons. The monoisotopic (exact) mass is 214 g/mol. The van der Waals surface area contributed by atoms with Gasteiger partial charge in [0, 0.05) is 7.11 Å². The molecule has 0 amide bonds. The molecule has 0 N–H and O–H groups in total. The van der Waals surface area contributed by atoms with Crippen LogP contribution in [0.15, 0.2) is 12.7 Å². The summed E-state index contributed by atoms with van der Waals surface area (Å²) in [5.41, 5.74) is 0. The molecule has 0 rings (SSSR count). The van der Waals surface area contributed by atoms with Crippen LogP contribution in [0.4, 0.5) is 0 Å². The van der Waals surface area contributed by atoms with Gasteiger partial charge in [-0.15, -0.1) is 6.58 Å². The minimum absolute atomic E-state index is 0.264. The maximum atomic E-state index is 5.73. The largest absolute Gasteiger partial charge is 0.359 e. The SMILES string of the molecule is C=CC[C@H](C)[C@@H](C)[C@@H](OCOC)C(C)C. The summed E-state index contributed by atoms with van der Waals surface area (Å²) in [6.07, 6.45) is 3.29. The molecule has 0 spiro atoms. The summed E-state index contributed by atoms with van der Waals surface area (Å²) in [6.45, 7) is 13.0. The van der Waals surface area contributed by atoms with E-state index in [1.165, 1.54) is 0 Å². The van der Waals surface area contributed by atoms with Gasteiger partial charge in [0.1, 0.15) is 6.79 Å². The average molecular weight is 214 g/mol. The molecule has 0 aliphatic heterocycles. The van der Waals surface area contributed by atoms with Crippen LogP contribution < -0.4 is 0 Å². The zero-order valence-electron chi connectivity index (χ0n) is 10.8. The standard InChI is InChI=1S/C13H26O2/c1-7-8-11(4)12(5)13(10(2)3)15-9-14-6/h7,10-13H,1,8-9H2,2-6H3/t11-,12+,13-/m0/s1. The Labute approximate surface area is 94.7 Å². The van der Waals surface area contributed by atoms with Crippen molar-refractivity contribution >= 4 is 0 Å². The van der Waals surface area contributed by atoms with Crippen molar-refractivity contribution in [1.82, 2.24) is 0 Å². The molecule has 2 nitrogen and oxygen atoms in total. The second-order valence-corrected chi connectivity index (χ2v) is 4.64. The van der Waals surface area contributed by atoms with Crippen LogP contribution in [0, 0.1) is 17.8 Å². The third-order valence-corrected chi connectivity index (χ3v) is 2.99. The molecule has 0 aliphatic carbocycles. The van der Waals surface area contributed by atoms with Gasteiger partial charge < -0.3 is 9.47 Å². The van der Waals surface area contributed by atoms with E-state index in [9.17, 15) is 0 Å². The van der Waals surface area contributed by atoms with Crippen molar-refractivity contribution in [3.8, 4) is 0 Å². The molecule has 0 saturated heterocycles. The van der Waals surface area contributed by atoms with Crippen LogP contribution in [-0.2, 0) is 9.47 Å².